The van der Waals surface area contributed by atoms with E-state index >= 15 is 0 Å². The van der Waals surface area contributed by atoms with Crippen LogP contribution in [-0.2, 0) is 9.53 Å². The van der Waals surface area contributed by atoms with Crippen molar-refractivity contribution in [2.75, 3.05) is 11.9 Å². The van der Waals surface area contributed by atoms with Crippen molar-refractivity contribution in [2.24, 2.45) is 0 Å². The van der Waals surface area contributed by atoms with Crippen LogP contribution >= 0.6 is 11.3 Å². The van der Waals surface area contributed by atoms with Gasteiger partial charge in [-0.25, -0.2) is 19.2 Å². The van der Waals surface area contributed by atoms with E-state index in [9.17, 15) is 14.0 Å². The van der Waals surface area contributed by atoms with E-state index in [2.05, 4.69) is 20.3 Å². The molecule has 168 valence electrons. The Morgan fingerprint density at radius 3 is 2.56 bits per heavy atom. The van der Waals surface area contributed by atoms with Gasteiger partial charge in [-0.05, 0) is 42.5 Å². The van der Waals surface area contributed by atoms with E-state index < -0.39 is 18.5 Å². The van der Waals surface area contributed by atoms with E-state index in [1.165, 1.54) is 23.5 Å². The van der Waals surface area contributed by atoms with Gasteiger partial charge in [0.15, 0.2) is 11.7 Å². The Morgan fingerprint density at radius 2 is 1.76 bits per heavy atom. The second kappa shape index (κ2) is 9.24. The van der Waals surface area contributed by atoms with Crippen LogP contribution in [0, 0.1) is 5.82 Å². The van der Waals surface area contributed by atoms with E-state index in [0.29, 0.717) is 33.2 Å². The van der Waals surface area contributed by atoms with Crippen molar-refractivity contribution >= 4 is 39.4 Å². The number of esters is 1. The van der Waals surface area contributed by atoms with Gasteiger partial charge in [0, 0.05) is 16.5 Å². The summed E-state index contributed by atoms with van der Waals surface area (Å²) < 4.78 is 18.2. The maximum atomic E-state index is 13.1. The number of anilines is 1. The highest BCUT2D eigenvalue weighted by Gasteiger charge is 2.14. The average molecular weight is 473 g/mol. The van der Waals surface area contributed by atoms with Gasteiger partial charge in [-0.1, -0.05) is 30.3 Å². The second-order valence-corrected chi connectivity index (χ2v) is 8.21. The number of nitrogens with one attached hydrogen (secondary N) is 2. The minimum Gasteiger partial charge on any atom is -0.452 e. The van der Waals surface area contributed by atoms with E-state index in [4.69, 9.17) is 4.74 Å². The summed E-state index contributed by atoms with van der Waals surface area (Å²) in [5.41, 5.74) is 3.98. The van der Waals surface area contributed by atoms with Crippen molar-refractivity contribution in [3.63, 3.8) is 0 Å². The highest BCUT2D eigenvalue weighted by atomic mass is 32.1. The Balaban J connectivity index is 1.20. The van der Waals surface area contributed by atoms with Gasteiger partial charge in [0.1, 0.15) is 11.6 Å². The number of hydrogen-bond acceptors (Lipinski definition) is 6. The zero-order valence-corrected chi connectivity index (χ0v) is 18.4. The first-order valence-corrected chi connectivity index (χ1v) is 11.2. The topological polar surface area (TPSA) is 97.0 Å². The third kappa shape index (κ3) is 4.69. The van der Waals surface area contributed by atoms with Gasteiger partial charge in [-0.15, -0.1) is 11.3 Å². The number of carbonyl (C=O) groups is 2. The summed E-state index contributed by atoms with van der Waals surface area (Å²) >= 11 is 1.22. The molecule has 0 fully saturated rings. The van der Waals surface area contributed by atoms with Crippen molar-refractivity contribution in [3.8, 4) is 22.6 Å². The van der Waals surface area contributed by atoms with Crippen molar-refractivity contribution in [1.29, 1.82) is 0 Å². The molecule has 5 rings (SSSR count). The minimum atomic E-state index is -0.626. The van der Waals surface area contributed by atoms with E-state index in [0.717, 1.165) is 11.1 Å². The number of ether oxygens (including phenoxy) is 1. The molecule has 0 bridgehead atoms. The average Bonchev–Trinajstić information content (AvgIpc) is 3.50. The molecule has 2 aromatic heterocycles. The van der Waals surface area contributed by atoms with Crippen LogP contribution in [0.25, 0.3) is 33.7 Å². The van der Waals surface area contributed by atoms with E-state index in [-0.39, 0.29) is 5.82 Å². The van der Waals surface area contributed by atoms with Gasteiger partial charge < -0.3 is 9.72 Å². The maximum absolute atomic E-state index is 13.1. The van der Waals surface area contributed by atoms with Crippen molar-refractivity contribution in [3.05, 3.63) is 89.6 Å². The van der Waals surface area contributed by atoms with Gasteiger partial charge in [0.2, 0.25) is 0 Å². The number of H-pyrrole nitrogens is 1. The van der Waals surface area contributed by atoms with Crippen LogP contribution in [0.2, 0.25) is 0 Å². The Bertz CT molecular complexity index is 1480. The Hall–Kier alpha value is -4.37. The zero-order chi connectivity index (χ0) is 23.5. The Morgan fingerprint density at radius 1 is 0.971 bits per heavy atom. The molecule has 34 heavy (non-hydrogen) atoms. The van der Waals surface area contributed by atoms with Crippen LogP contribution in [0.5, 0.6) is 0 Å². The maximum Gasteiger partial charge on any atom is 0.338 e. The third-order valence-electron chi connectivity index (χ3n) is 4.99. The Kier molecular flexibility index (Phi) is 5.84. The molecule has 2 heterocycles. The number of aromatic amines is 1. The molecule has 0 atom stereocenters. The summed E-state index contributed by atoms with van der Waals surface area (Å²) in [6.07, 6.45) is 0. The molecular formula is C25H17FN4O3S. The number of hydrogen-bond donors (Lipinski definition) is 2. The quantitative estimate of drug-likeness (QED) is 0.328. The first-order valence-electron chi connectivity index (χ1n) is 10.3. The lowest BCUT2D eigenvalue weighted by Gasteiger charge is -2.05. The first-order chi connectivity index (χ1) is 16.5. The van der Waals surface area contributed by atoms with Gasteiger partial charge in [-0.2, -0.15) is 0 Å². The largest absolute Gasteiger partial charge is 0.452 e. The summed E-state index contributed by atoms with van der Waals surface area (Å²) in [5, 5.41) is 4.70. The first kappa shape index (κ1) is 21.5. The number of benzene rings is 3. The number of rotatable bonds is 6. The molecule has 9 heteroatoms. The number of thiazole rings is 1. The molecule has 0 saturated carbocycles. The van der Waals surface area contributed by atoms with Crippen molar-refractivity contribution in [1.82, 2.24) is 15.0 Å². The normalized spacial score (nSPS) is 10.9. The molecule has 0 aliphatic rings. The van der Waals surface area contributed by atoms with Gasteiger partial charge >= 0.3 is 5.97 Å². The number of nitrogens with zero attached hydrogens (tertiary/aromatic N) is 2. The molecular weight excluding hydrogens is 455 g/mol. The lowest BCUT2D eigenvalue weighted by molar-refractivity contribution is -0.119. The summed E-state index contributed by atoms with van der Waals surface area (Å²) in [4.78, 5) is 36.7. The summed E-state index contributed by atoms with van der Waals surface area (Å²) in [7, 11) is 0. The lowest BCUT2D eigenvalue weighted by atomic mass is 10.2. The molecule has 0 aliphatic carbocycles. The smallest absolute Gasteiger partial charge is 0.338 e. The van der Waals surface area contributed by atoms with Crippen LogP contribution in [-0.4, -0.2) is 33.4 Å². The molecule has 7 nitrogen and oxygen atoms in total. The van der Waals surface area contributed by atoms with Gasteiger partial charge in [0.25, 0.3) is 5.91 Å². The van der Waals surface area contributed by atoms with Crippen molar-refractivity contribution in [2.45, 2.75) is 0 Å². The van der Waals surface area contributed by atoms with Crippen LogP contribution in [0.3, 0.4) is 0 Å². The fraction of sp³-hybridized carbons (Fsp3) is 0.0400. The zero-order valence-electron chi connectivity index (χ0n) is 17.6. The number of fused-ring (bicyclic) bond motifs is 1. The SMILES string of the molecule is O=C(COC(=O)c1ccc2nc(-c3ccccc3)[nH]c2c1)Nc1nc(-c2ccc(F)cc2)cs1. The fourth-order valence-corrected chi connectivity index (χ4v) is 4.06. The third-order valence-corrected chi connectivity index (χ3v) is 5.75. The van der Waals surface area contributed by atoms with Crippen LogP contribution in [0.15, 0.2) is 78.2 Å². The summed E-state index contributed by atoms with van der Waals surface area (Å²) in [6.45, 7) is -0.458. The number of aromatic nitrogens is 3. The fourth-order valence-electron chi connectivity index (χ4n) is 3.32. The predicted molar refractivity (Wildman–Crippen MR) is 128 cm³/mol. The van der Waals surface area contributed by atoms with Crippen LogP contribution in [0.1, 0.15) is 10.4 Å². The predicted octanol–water partition coefficient (Wildman–Crippen LogP) is 5.29. The molecule has 2 N–H and O–H groups in total. The summed E-state index contributed by atoms with van der Waals surface area (Å²) in [5.74, 6) is -0.775. The molecule has 0 spiro atoms. The number of amides is 1. The standard InChI is InChI=1S/C25H17FN4O3S/c26-18-9-6-15(7-10-18)21-14-34-25(29-21)30-22(31)13-33-24(32)17-8-11-19-20(12-17)28-23(27-19)16-4-2-1-3-5-16/h1-12,14H,13H2,(H,27,28)(H,29,30,31). The number of carbonyl (C=O) groups excluding carboxylic acids is 2. The lowest BCUT2D eigenvalue weighted by Crippen LogP contribution is -2.20. The molecule has 3 aromatic carbocycles. The van der Waals surface area contributed by atoms with Crippen molar-refractivity contribution < 1.29 is 18.7 Å². The second-order valence-electron chi connectivity index (χ2n) is 7.35. The molecule has 1 amide bonds. The van der Waals surface area contributed by atoms with E-state index in [1.807, 2.05) is 30.3 Å². The van der Waals surface area contributed by atoms with Crippen LogP contribution < -0.4 is 5.32 Å². The minimum absolute atomic E-state index is 0.302. The molecule has 0 radical (unpaired) electrons. The highest BCUT2D eigenvalue weighted by molar-refractivity contribution is 7.14. The Labute approximate surface area is 197 Å². The van der Waals surface area contributed by atoms with Crippen LogP contribution in [0.4, 0.5) is 9.52 Å². The van der Waals surface area contributed by atoms with Gasteiger partial charge in [0.05, 0.1) is 22.3 Å². The van der Waals surface area contributed by atoms with E-state index in [1.54, 1.807) is 35.7 Å². The number of halogens is 1. The molecule has 0 aliphatic heterocycles. The monoisotopic (exact) mass is 472 g/mol. The molecule has 0 saturated heterocycles. The summed E-state index contributed by atoms with van der Waals surface area (Å²) in [6, 6.07) is 20.5. The number of imidazole rings is 1. The molecule has 5 aromatic rings. The highest BCUT2D eigenvalue weighted by Crippen LogP contribution is 2.25. The van der Waals surface area contributed by atoms with Gasteiger partial charge in [-0.3, -0.25) is 10.1 Å². The molecule has 0 unspecified atom stereocenters.